The van der Waals surface area contributed by atoms with Crippen molar-refractivity contribution < 1.29 is 13.7 Å². The van der Waals surface area contributed by atoms with Gasteiger partial charge < -0.3 is 14.3 Å². The van der Waals surface area contributed by atoms with E-state index in [-0.39, 0.29) is 5.91 Å². The van der Waals surface area contributed by atoms with E-state index in [4.69, 9.17) is 8.94 Å². The van der Waals surface area contributed by atoms with E-state index in [2.05, 4.69) is 15.5 Å². The maximum Gasteiger partial charge on any atom is 0.259 e. The summed E-state index contributed by atoms with van der Waals surface area (Å²) in [6.07, 6.45) is 0. The fourth-order valence-electron chi connectivity index (χ4n) is 3.49. The number of carbonyl (C=O) groups is 1. The number of pyridine rings is 1. The van der Waals surface area contributed by atoms with Gasteiger partial charge in [-0.1, -0.05) is 23.4 Å². The number of carbonyl (C=O) groups excluding carboxylic acids is 1. The van der Waals surface area contributed by atoms with E-state index in [1.54, 1.807) is 13.0 Å². The number of hydrogen-bond donors (Lipinski definition) is 1. The highest BCUT2D eigenvalue weighted by molar-refractivity contribution is 6.13. The number of furan rings is 1. The second-order valence-corrected chi connectivity index (χ2v) is 7.05. The number of nitrogens with zero attached hydrogens (tertiary/aromatic N) is 2. The number of nitrogens with one attached hydrogen (secondary N) is 1. The first-order valence-electron chi connectivity index (χ1n) is 9.07. The van der Waals surface area contributed by atoms with Crippen molar-refractivity contribution >= 4 is 22.7 Å². The quantitative estimate of drug-likeness (QED) is 0.527. The van der Waals surface area contributed by atoms with Crippen molar-refractivity contribution in [2.24, 2.45) is 0 Å². The Morgan fingerprint density at radius 1 is 1.04 bits per heavy atom. The zero-order chi connectivity index (χ0) is 20.0. The SMILES string of the molecule is Cc1cc(-c2cc(C(=O)Nc3c(C)cccc3C)c3c(C)noc3n2)c(C)o1. The molecule has 1 aromatic carbocycles. The summed E-state index contributed by atoms with van der Waals surface area (Å²) in [5, 5.41) is 7.66. The molecular formula is C22H21N3O3. The topological polar surface area (TPSA) is 81.2 Å². The van der Waals surface area contributed by atoms with E-state index in [0.717, 1.165) is 33.9 Å². The van der Waals surface area contributed by atoms with Gasteiger partial charge in [-0.15, -0.1) is 0 Å². The van der Waals surface area contributed by atoms with E-state index in [1.165, 1.54) is 0 Å². The average molecular weight is 375 g/mol. The molecule has 3 heterocycles. The lowest BCUT2D eigenvalue weighted by atomic mass is 10.0. The van der Waals surface area contributed by atoms with Gasteiger partial charge in [0.25, 0.3) is 11.6 Å². The molecule has 0 aliphatic carbocycles. The highest BCUT2D eigenvalue weighted by Gasteiger charge is 2.21. The molecule has 142 valence electrons. The smallest absolute Gasteiger partial charge is 0.259 e. The Bertz CT molecular complexity index is 1200. The van der Waals surface area contributed by atoms with Crippen molar-refractivity contribution in [2.45, 2.75) is 34.6 Å². The zero-order valence-corrected chi connectivity index (χ0v) is 16.5. The predicted octanol–water partition coefficient (Wildman–Crippen LogP) is 5.28. The Morgan fingerprint density at radius 2 is 1.75 bits per heavy atom. The van der Waals surface area contributed by atoms with Crippen molar-refractivity contribution in [3.8, 4) is 11.3 Å². The molecule has 0 saturated heterocycles. The van der Waals surface area contributed by atoms with E-state index in [0.29, 0.717) is 28.1 Å². The molecule has 0 unspecified atom stereocenters. The largest absolute Gasteiger partial charge is 0.466 e. The van der Waals surface area contributed by atoms with Gasteiger partial charge in [0, 0.05) is 11.3 Å². The van der Waals surface area contributed by atoms with Crippen LogP contribution in [-0.4, -0.2) is 16.0 Å². The molecule has 0 radical (unpaired) electrons. The molecule has 0 aliphatic rings. The van der Waals surface area contributed by atoms with Crippen LogP contribution in [0, 0.1) is 34.6 Å². The van der Waals surface area contributed by atoms with Gasteiger partial charge in [-0.3, -0.25) is 4.79 Å². The number of rotatable bonds is 3. The van der Waals surface area contributed by atoms with Gasteiger partial charge >= 0.3 is 0 Å². The van der Waals surface area contributed by atoms with E-state index in [9.17, 15) is 4.79 Å². The van der Waals surface area contributed by atoms with Crippen molar-refractivity contribution in [2.75, 3.05) is 5.32 Å². The number of para-hydroxylation sites is 1. The number of hydrogen-bond acceptors (Lipinski definition) is 5. The number of aromatic nitrogens is 2. The average Bonchev–Trinajstić information content (AvgIpc) is 3.19. The first kappa shape index (κ1) is 18.0. The minimum absolute atomic E-state index is 0.227. The normalized spacial score (nSPS) is 11.2. The molecule has 0 atom stereocenters. The van der Waals surface area contributed by atoms with Crippen LogP contribution in [0.25, 0.3) is 22.4 Å². The Balaban J connectivity index is 1.86. The van der Waals surface area contributed by atoms with Crippen LogP contribution in [0.4, 0.5) is 5.69 Å². The molecule has 3 aromatic heterocycles. The molecular weight excluding hydrogens is 354 g/mol. The zero-order valence-electron chi connectivity index (χ0n) is 16.5. The summed E-state index contributed by atoms with van der Waals surface area (Å²) in [4.78, 5) is 17.8. The summed E-state index contributed by atoms with van der Waals surface area (Å²) < 4.78 is 11.0. The lowest BCUT2D eigenvalue weighted by Crippen LogP contribution is -2.15. The summed E-state index contributed by atoms with van der Waals surface area (Å²) in [5.74, 6) is 1.29. The van der Waals surface area contributed by atoms with Crippen LogP contribution in [0.1, 0.15) is 38.7 Å². The van der Waals surface area contributed by atoms with Crippen molar-refractivity contribution in [3.05, 3.63) is 64.2 Å². The fourth-order valence-corrected chi connectivity index (χ4v) is 3.49. The van der Waals surface area contributed by atoms with Gasteiger partial charge in [0.15, 0.2) is 0 Å². The lowest BCUT2D eigenvalue weighted by molar-refractivity contribution is 0.102. The van der Waals surface area contributed by atoms with Gasteiger partial charge in [0.05, 0.1) is 22.3 Å². The summed E-state index contributed by atoms with van der Waals surface area (Å²) in [7, 11) is 0. The second kappa shape index (κ2) is 6.64. The molecule has 0 aliphatic heterocycles. The standard InChI is InChI=1S/C22H21N3O3/c1-11-7-6-8-12(2)20(11)24-21(26)17-10-18(16-9-13(3)27-15(16)5)23-22-19(17)14(4)25-28-22/h6-10H,1-5H3,(H,24,26). The maximum atomic E-state index is 13.2. The Hall–Kier alpha value is -3.41. The third-order valence-corrected chi connectivity index (χ3v) is 4.90. The van der Waals surface area contributed by atoms with Crippen LogP contribution in [-0.2, 0) is 0 Å². The van der Waals surface area contributed by atoms with Crippen molar-refractivity contribution in [3.63, 3.8) is 0 Å². The number of benzene rings is 1. The molecule has 0 saturated carbocycles. The molecule has 0 bridgehead atoms. The highest BCUT2D eigenvalue weighted by atomic mass is 16.5. The first-order chi connectivity index (χ1) is 13.3. The Morgan fingerprint density at radius 3 is 2.39 bits per heavy atom. The third kappa shape index (κ3) is 2.97. The lowest BCUT2D eigenvalue weighted by Gasteiger charge is -2.12. The second-order valence-electron chi connectivity index (χ2n) is 7.05. The fraction of sp³-hybridized carbons (Fsp3) is 0.227. The maximum absolute atomic E-state index is 13.2. The molecule has 6 heteroatoms. The molecule has 1 amide bonds. The Kier molecular flexibility index (Phi) is 4.26. The van der Waals surface area contributed by atoms with Gasteiger partial charge in [-0.05, 0) is 57.9 Å². The van der Waals surface area contributed by atoms with Crippen LogP contribution in [0.15, 0.2) is 39.3 Å². The number of anilines is 1. The van der Waals surface area contributed by atoms with Crippen LogP contribution in [0.5, 0.6) is 0 Å². The molecule has 6 nitrogen and oxygen atoms in total. The summed E-state index contributed by atoms with van der Waals surface area (Å²) in [5.41, 5.74) is 5.69. The van der Waals surface area contributed by atoms with Gasteiger partial charge in [-0.2, -0.15) is 0 Å². The van der Waals surface area contributed by atoms with Crippen LogP contribution >= 0.6 is 0 Å². The summed E-state index contributed by atoms with van der Waals surface area (Å²) >= 11 is 0. The minimum atomic E-state index is -0.227. The van der Waals surface area contributed by atoms with E-state index in [1.807, 2.05) is 52.0 Å². The first-order valence-corrected chi connectivity index (χ1v) is 9.07. The minimum Gasteiger partial charge on any atom is -0.466 e. The number of fused-ring (bicyclic) bond motifs is 1. The van der Waals surface area contributed by atoms with E-state index >= 15 is 0 Å². The van der Waals surface area contributed by atoms with Crippen molar-refractivity contribution in [1.82, 2.24) is 10.1 Å². The number of amides is 1. The van der Waals surface area contributed by atoms with Crippen molar-refractivity contribution in [1.29, 1.82) is 0 Å². The molecule has 0 fully saturated rings. The van der Waals surface area contributed by atoms with E-state index < -0.39 is 0 Å². The van der Waals surface area contributed by atoms with Crippen LogP contribution in [0.3, 0.4) is 0 Å². The van der Waals surface area contributed by atoms with Gasteiger partial charge in [0.2, 0.25) is 0 Å². The molecule has 4 rings (SSSR count). The monoisotopic (exact) mass is 375 g/mol. The molecule has 28 heavy (non-hydrogen) atoms. The number of aryl methyl sites for hydroxylation is 5. The predicted molar refractivity (Wildman–Crippen MR) is 108 cm³/mol. The summed E-state index contributed by atoms with van der Waals surface area (Å²) in [6.45, 7) is 9.49. The summed E-state index contributed by atoms with van der Waals surface area (Å²) in [6, 6.07) is 9.58. The third-order valence-electron chi connectivity index (χ3n) is 4.90. The Labute approximate surface area is 162 Å². The van der Waals surface area contributed by atoms with Gasteiger partial charge in [-0.25, -0.2) is 4.98 Å². The van der Waals surface area contributed by atoms with Crippen LogP contribution < -0.4 is 5.32 Å². The molecule has 4 aromatic rings. The van der Waals surface area contributed by atoms with Gasteiger partial charge in [0.1, 0.15) is 11.5 Å². The molecule has 0 spiro atoms. The van der Waals surface area contributed by atoms with Crippen LogP contribution in [0.2, 0.25) is 0 Å². The molecule has 1 N–H and O–H groups in total. The highest BCUT2D eigenvalue weighted by Crippen LogP contribution is 2.31.